The van der Waals surface area contributed by atoms with Crippen LogP contribution in [0.15, 0.2) is 149 Å². The van der Waals surface area contributed by atoms with Gasteiger partial charge in [-0.1, -0.05) is 122 Å². The van der Waals surface area contributed by atoms with E-state index in [2.05, 4.69) is 102 Å². The van der Waals surface area contributed by atoms with Gasteiger partial charge >= 0.3 is 0 Å². The van der Waals surface area contributed by atoms with Crippen LogP contribution in [0.25, 0.3) is 71.6 Å². The van der Waals surface area contributed by atoms with Crippen molar-refractivity contribution in [3.8, 4) is 39.1 Å². The van der Waals surface area contributed by atoms with E-state index in [0.29, 0.717) is 32.9 Å². The highest BCUT2D eigenvalue weighted by Gasteiger charge is 2.34. The molecule has 1 aromatic heterocycles. The van der Waals surface area contributed by atoms with Crippen molar-refractivity contribution >= 4 is 42.4 Å². The number of rotatable bonds is 4. The molecule has 0 spiro atoms. The molecule has 4 nitrogen and oxygen atoms in total. The molecule has 0 amide bonds. The molecule has 1 aliphatic rings. The molecule has 46 heavy (non-hydrogen) atoms. The Morgan fingerprint density at radius 3 is 1.83 bits per heavy atom. The molecule has 2 heterocycles. The lowest BCUT2D eigenvalue weighted by Gasteiger charge is -2.24. The second-order valence-corrected chi connectivity index (χ2v) is 13.7. The van der Waals surface area contributed by atoms with Crippen LogP contribution >= 0.6 is 0 Å². The summed E-state index contributed by atoms with van der Waals surface area (Å²) in [6.07, 6.45) is 0.671. The van der Waals surface area contributed by atoms with Crippen LogP contribution in [-0.2, 0) is 16.3 Å². The van der Waals surface area contributed by atoms with Gasteiger partial charge in [-0.05, 0) is 73.6 Å². The maximum absolute atomic E-state index is 14.1. The van der Waals surface area contributed by atoms with Crippen molar-refractivity contribution < 1.29 is 8.42 Å². The van der Waals surface area contributed by atoms with Gasteiger partial charge in [-0.15, -0.1) is 0 Å². The molecule has 220 valence electrons. The highest BCUT2D eigenvalue weighted by Crippen LogP contribution is 2.47. The number of nitrogens with zero attached hydrogens (tertiary/aromatic N) is 2. The molecule has 0 atom stereocenters. The van der Waals surface area contributed by atoms with Crippen LogP contribution in [0.1, 0.15) is 12.7 Å². The molecule has 8 aromatic rings. The van der Waals surface area contributed by atoms with Crippen LogP contribution in [0.5, 0.6) is 0 Å². The fourth-order valence-corrected chi connectivity index (χ4v) is 9.00. The molecule has 9 rings (SSSR count). The Kier molecular flexibility index (Phi) is 5.83. The summed E-state index contributed by atoms with van der Waals surface area (Å²) in [7, 11) is -3.76. The van der Waals surface area contributed by atoms with E-state index in [1.54, 1.807) is 18.2 Å². The molecule has 0 fully saturated rings. The molecule has 5 heteroatoms. The number of sulfone groups is 1. The normalized spacial score (nSPS) is 13.3. The maximum Gasteiger partial charge on any atom is 0.210 e. The van der Waals surface area contributed by atoms with Crippen LogP contribution in [0.2, 0.25) is 0 Å². The van der Waals surface area contributed by atoms with Crippen LogP contribution in [-0.4, -0.2) is 18.0 Å². The van der Waals surface area contributed by atoms with Gasteiger partial charge in [0.15, 0.2) is 0 Å². The summed E-state index contributed by atoms with van der Waals surface area (Å²) >= 11 is 0. The van der Waals surface area contributed by atoms with Crippen LogP contribution in [0.3, 0.4) is 0 Å². The zero-order valence-electron chi connectivity index (χ0n) is 25.1. The predicted octanol–water partition coefficient (Wildman–Crippen LogP) is 10.0. The number of imidazole rings is 1. The van der Waals surface area contributed by atoms with E-state index in [1.807, 2.05) is 30.3 Å². The standard InChI is InChI=1S/C41H28N2O2S/c1-2-37-42-34-20-12-22-36-41(34)43(37)40-29(19-11-21-35(40)46(36,44)45)28-23-24-32-33(25-28)39(27-15-7-4-8-16-27)31-18-10-9-17-30(31)38(32)26-13-5-3-6-14-26/h3-25H,2H2,1H3. The Balaban J connectivity index is 1.42. The first-order valence-electron chi connectivity index (χ1n) is 15.5. The summed E-state index contributed by atoms with van der Waals surface area (Å²) in [5, 5.41) is 4.63. The second kappa shape index (κ2) is 9.99. The minimum absolute atomic E-state index is 0.310. The lowest BCUT2D eigenvalue weighted by Crippen LogP contribution is -2.16. The van der Waals surface area contributed by atoms with Crippen molar-refractivity contribution in [3.05, 3.63) is 145 Å². The number of benzene rings is 7. The second-order valence-electron chi connectivity index (χ2n) is 11.8. The Morgan fingerprint density at radius 2 is 1.15 bits per heavy atom. The molecule has 0 saturated carbocycles. The van der Waals surface area contributed by atoms with Gasteiger partial charge in [0.05, 0.1) is 26.5 Å². The number of aryl methyl sites for hydroxylation is 1. The smallest absolute Gasteiger partial charge is 0.210 e. The minimum atomic E-state index is -3.76. The molecule has 0 radical (unpaired) electrons. The van der Waals surface area contributed by atoms with E-state index in [0.717, 1.165) is 44.4 Å². The van der Waals surface area contributed by atoms with E-state index in [4.69, 9.17) is 4.98 Å². The Hall–Kier alpha value is -5.52. The summed E-state index contributed by atoms with van der Waals surface area (Å²) in [4.78, 5) is 5.50. The number of fused-ring (bicyclic) bond motifs is 4. The first-order valence-corrected chi connectivity index (χ1v) is 17.0. The van der Waals surface area contributed by atoms with E-state index >= 15 is 0 Å². The van der Waals surface area contributed by atoms with Gasteiger partial charge in [0.1, 0.15) is 5.82 Å². The number of para-hydroxylation sites is 2. The van der Waals surface area contributed by atoms with Gasteiger partial charge in [-0.3, -0.25) is 4.57 Å². The van der Waals surface area contributed by atoms with Gasteiger partial charge < -0.3 is 0 Å². The van der Waals surface area contributed by atoms with E-state index in [9.17, 15) is 8.42 Å². The molecular formula is C41H28N2O2S. The number of hydrogen-bond donors (Lipinski definition) is 0. The zero-order valence-corrected chi connectivity index (χ0v) is 25.9. The van der Waals surface area contributed by atoms with E-state index in [-0.39, 0.29) is 0 Å². The fourth-order valence-electron chi connectivity index (χ4n) is 7.34. The SMILES string of the molecule is CCc1nc2cccc3c2n1-c1c(-c2ccc4c(-c5ccccc5)c5ccccc5c(-c5ccccc5)c4c2)cccc1S3(=O)=O. The summed E-state index contributed by atoms with van der Waals surface area (Å²) < 4.78 is 30.3. The van der Waals surface area contributed by atoms with Crippen LogP contribution in [0.4, 0.5) is 0 Å². The first kappa shape index (κ1) is 26.8. The fraction of sp³-hybridized carbons (Fsp3) is 0.0488. The van der Waals surface area contributed by atoms with Gasteiger partial charge in [-0.25, -0.2) is 13.4 Å². The summed E-state index contributed by atoms with van der Waals surface area (Å²) in [6, 6.07) is 47.3. The molecule has 0 unspecified atom stereocenters. The van der Waals surface area contributed by atoms with E-state index < -0.39 is 9.84 Å². The topological polar surface area (TPSA) is 52.0 Å². The Morgan fingerprint density at radius 1 is 0.565 bits per heavy atom. The first-order chi connectivity index (χ1) is 22.6. The van der Waals surface area contributed by atoms with Crippen molar-refractivity contribution in [2.45, 2.75) is 23.1 Å². The summed E-state index contributed by atoms with van der Waals surface area (Å²) in [5.41, 5.74) is 8.48. The van der Waals surface area contributed by atoms with Crippen molar-refractivity contribution in [1.29, 1.82) is 0 Å². The number of hydrogen-bond acceptors (Lipinski definition) is 3. The summed E-state index contributed by atoms with van der Waals surface area (Å²) in [6.45, 7) is 2.06. The quantitative estimate of drug-likeness (QED) is 0.186. The average molecular weight is 613 g/mol. The van der Waals surface area contributed by atoms with Crippen molar-refractivity contribution in [2.24, 2.45) is 0 Å². The molecular weight excluding hydrogens is 585 g/mol. The summed E-state index contributed by atoms with van der Waals surface area (Å²) in [5.74, 6) is 0.842. The van der Waals surface area contributed by atoms with Gasteiger partial charge in [0, 0.05) is 12.0 Å². The van der Waals surface area contributed by atoms with Crippen molar-refractivity contribution in [3.63, 3.8) is 0 Å². The maximum atomic E-state index is 14.1. The average Bonchev–Trinajstić information content (AvgIpc) is 3.49. The zero-order chi connectivity index (χ0) is 31.0. The monoisotopic (exact) mass is 612 g/mol. The lowest BCUT2D eigenvalue weighted by atomic mass is 9.85. The molecule has 0 aliphatic carbocycles. The van der Waals surface area contributed by atoms with Gasteiger partial charge in [0.2, 0.25) is 9.84 Å². The lowest BCUT2D eigenvalue weighted by molar-refractivity contribution is 0.594. The highest BCUT2D eigenvalue weighted by atomic mass is 32.2. The molecule has 0 N–H and O–H groups in total. The molecule has 1 aliphatic heterocycles. The third kappa shape index (κ3) is 3.72. The van der Waals surface area contributed by atoms with Gasteiger partial charge in [-0.2, -0.15) is 0 Å². The number of aromatic nitrogens is 2. The Bertz CT molecular complexity index is 2620. The van der Waals surface area contributed by atoms with E-state index in [1.165, 1.54) is 16.3 Å². The highest BCUT2D eigenvalue weighted by molar-refractivity contribution is 7.92. The predicted molar refractivity (Wildman–Crippen MR) is 187 cm³/mol. The third-order valence-corrected chi connectivity index (χ3v) is 11.1. The molecule has 7 aromatic carbocycles. The van der Waals surface area contributed by atoms with Crippen molar-refractivity contribution in [1.82, 2.24) is 9.55 Å². The Labute approximate surface area is 267 Å². The third-order valence-electron chi connectivity index (χ3n) is 9.29. The van der Waals surface area contributed by atoms with Crippen LogP contribution in [0, 0.1) is 0 Å². The molecule has 0 bridgehead atoms. The van der Waals surface area contributed by atoms with Gasteiger partial charge in [0.25, 0.3) is 0 Å². The van der Waals surface area contributed by atoms with Crippen LogP contribution < -0.4 is 0 Å². The largest absolute Gasteiger partial charge is 0.293 e. The molecule has 0 saturated heterocycles. The van der Waals surface area contributed by atoms with Crippen molar-refractivity contribution in [2.75, 3.05) is 0 Å². The minimum Gasteiger partial charge on any atom is -0.293 e.